The summed E-state index contributed by atoms with van der Waals surface area (Å²) in [7, 11) is 1.63. The summed E-state index contributed by atoms with van der Waals surface area (Å²) in [4.78, 5) is 12.6. The Morgan fingerprint density at radius 2 is 2.06 bits per heavy atom. The Morgan fingerprint density at radius 3 is 2.71 bits per heavy atom. The maximum Gasteiger partial charge on any atom is 0.425 e. The van der Waals surface area contributed by atoms with Crippen LogP contribution in [0.15, 0.2) is 35.6 Å². The molecule has 2 aromatic rings. The van der Waals surface area contributed by atoms with Crippen LogP contribution in [0.2, 0.25) is 0 Å². The highest BCUT2D eigenvalue weighted by Gasteiger charge is 2.66. The van der Waals surface area contributed by atoms with Gasteiger partial charge in [-0.25, -0.2) is 9.37 Å². The van der Waals surface area contributed by atoms with Crippen molar-refractivity contribution >= 4 is 22.6 Å². The number of amidine groups is 1. The summed E-state index contributed by atoms with van der Waals surface area (Å²) in [5.41, 5.74) is 6.81. The van der Waals surface area contributed by atoms with E-state index in [1.54, 1.807) is 19.2 Å². The number of benzene rings is 1. The molecular formula is C22H25F4N5O2S. The molecule has 1 aromatic carbocycles. The standard InChI is InChI=1S/C22H25F4N5O2S/c1-12(22(24,25)26)33-18-10-29-14(9-30-18)8-28-13-4-5-16(23)15(6-13)20(2)17-7-21(17,11-32-3)34-19(27)31-20/h4-6,9-10,12,17,28H,7-8,11H2,1-3H3,(H2,27,31)/t12-,17-,20+,21+/m0/s1. The molecular weight excluding hydrogens is 474 g/mol. The molecule has 7 nitrogen and oxygen atoms in total. The Balaban J connectivity index is 1.47. The lowest BCUT2D eigenvalue weighted by Gasteiger charge is -2.34. The van der Waals surface area contributed by atoms with Crippen molar-refractivity contribution < 1.29 is 27.0 Å². The average Bonchev–Trinajstić information content (AvgIpc) is 3.48. The largest absolute Gasteiger partial charge is 0.464 e. The number of methoxy groups -OCH3 is 1. The minimum atomic E-state index is -4.49. The molecule has 4 rings (SSSR count). The number of ether oxygens (including phenoxy) is 2. The van der Waals surface area contributed by atoms with Crippen LogP contribution in [0.5, 0.6) is 5.88 Å². The lowest BCUT2D eigenvalue weighted by molar-refractivity contribution is -0.190. The number of aromatic nitrogens is 2. The monoisotopic (exact) mass is 499 g/mol. The molecule has 0 spiro atoms. The van der Waals surface area contributed by atoms with Crippen LogP contribution >= 0.6 is 11.8 Å². The zero-order chi connectivity index (χ0) is 24.7. The third-order valence-corrected chi connectivity index (χ3v) is 7.44. The van der Waals surface area contributed by atoms with Crippen molar-refractivity contribution in [3.05, 3.63) is 47.7 Å². The summed E-state index contributed by atoms with van der Waals surface area (Å²) in [6, 6.07) is 4.67. The second kappa shape index (κ2) is 8.88. The SMILES string of the molecule is COC[C@]12C[C@H]1[C@@](C)(c1cc(NCc3cnc(O[C@@H](C)C(F)(F)F)cn3)ccc1F)N=C(N)S2. The zero-order valence-electron chi connectivity index (χ0n) is 18.8. The molecule has 1 aliphatic carbocycles. The second-order valence-corrected chi connectivity index (χ2v) is 10.1. The summed E-state index contributed by atoms with van der Waals surface area (Å²) in [5, 5.41) is 3.55. The summed E-state index contributed by atoms with van der Waals surface area (Å²) >= 11 is 1.48. The quantitative estimate of drug-likeness (QED) is 0.525. The zero-order valence-corrected chi connectivity index (χ0v) is 19.6. The Morgan fingerprint density at radius 1 is 1.29 bits per heavy atom. The van der Waals surface area contributed by atoms with E-state index in [0.717, 1.165) is 19.5 Å². The molecule has 1 saturated carbocycles. The molecule has 1 aliphatic heterocycles. The first-order valence-corrected chi connectivity index (χ1v) is 11.4. The fourth-order valence-corrected chi connectivity index (χ4v) is 5.74. The highest BCUT2D eigenvalue weighted by Crippen LogP contribution is 2.66. The molecule has 34 heavy (non-hydrogen) atoms. The van der Waals surface area contributed by atoms with E-state index >= 15 is 0 Å². The van der Waals surface area contributed by atoms with Gasteiger partial charge < -0.3 is 20.5 Å². The van der Waals surface area contributed by atoms with E-state index in [-0.39, 0.29) is 28.9 Å². The van der Waals surface area contributed by atoms with E-state index in [0.29, 0.717) is 28.7 Å². The van der Waals surface area contributed by atoms with Crippen LogP contribution in [0.4, 0.5) is 23.2 Å². The van der Waals surface area contributed by atoms with Crippen molar-refractivity contribution in [3.8, 4) is 5.88 Å². The fraction of sp³-hybridized carbons (Fsp3) is 0.500. The average molecular weight is 500 g/mol. The molecule has 12 heteroatoms. The molecule has 0 bridgehead atoms. The molecule has 0 unspecified atom stereocenters. The third kappa shape index (κ3) is 4.78. The van der Waals surface area contributed by atoms with Gasteiger partial charge in [-0.1, -0.05) is 11.8 Å². The Labute approximate surface area is 198 Å². The van der Waals surface area contributed by atoms with Gasteiger partial charge >= 0.3 is 6.18 Å². The molecule has 1 fully saturated rings. The number of rotatable bonds is 8. The van der Waals surface area contributed by atoms with Crippen molar-refractivity contribution in [2.24, 2.45) is 16.6 Å². The molecule has 2 heterocycles. The summed E-state index contributed by atoms with van der Waals surface area (Å²) in [6.07, 6.45) is -3.21. The minimum Gasteiger partial charge on any atom is -0.464 e. The Kier molecular flexibility index (Phi) is 6.40. The van der Waals surface area contributed by atoms with Crippen LogP contribution in [0.3, 0.4) is 0 Å². The van der Waals surface area contributed by atoms with E-state index < -0.39 is 17.8 Å². The van der Waals surface area contributed by atoms with E-state index in [1.165, 1.54) is 24.0 Å². The number of fused-ring (bicyclic) bond motifs is 1. The normalized spacial score (nSPS) is 26.9. The Hall–Kier alpha value is -2.60. The number of anilines is 1. The van der Waals surface area contributed by atoms with E-state index in [9.17, 15) is 17.6 Å². The Bertz CT molecular complexity index is 1080. The number of halogens is 4. The van der Waals surface area contributed by atoms with Gasteiger partial charge in [0.2, 0.25) is 5.88 Å². The fourth-order valence-electron chi connectivity index (χ4n) is 4.29. The van der Waals surface area contributed by atoms with Crippen LogP contribution in [0.1, 0.15) is 31.5 Å². The van der Waals surface area contributed by atoms with E-state index in [4.69, 9.17) is 15.2 Å². The van der Waals surface area contributed by atoms with Gasteiger partial charge in [0.1, 0.15) is 5.82 Å². The van der Waals surface area contributed by atoms with Crippen molar-refractivity contribution in [1.29, 1.82) is 0 Å². The van der Waals surface area contributed by atoms with Gasteiger partial charge in [-0.2, -0.15) is 13.2 Å². The summed E-state index contributed by atoms with van der Waals surface area (Å²) in [6.45, 7) is 3.51. The number of nitrogens with one attached hydrogen (secondary N) is 1. The van der Waals surface area contributed by atoms with Crippen LogP contribution in [-0.2, 0) is 16.8 Å². The number of nitrogens with two attached hydrogens (primary N) is 1. The van der Waals surface area contributed by atoms with Crippen molar-refractivity contribution in [1.82, 2.24) is 9.97 Å². The smallest absolute Gasteiger partial charge is 0.425 e. The lowest BCUT2D eigenvalue weighted by atomic mass is 9.85. The molecule has 184 valence electrons. The maximum absolute atomic E-state index is 14.9. The number of hydrogen-bond acceptors (Lipinski definition) is 8. The number of hydrogen-bond donors (Lipinski definition) is 2. The summed E-state index contributed by atoms with van der Waals surface area (Å²) < 4.78 is 62.7. The molecule has 3 N–H and O–H groups in total. The number of thioether (sulfide) groups is 1. The topological polar surface area (TPSA) is 94.6 Å². The van der Waals surface area contributed by atoms with Crippen LogP contribution in [0, 0.1) is 11.7 Å². The molecule has 0 radical (unpaired) electrons. The summed E-state index contributed by atoms with van der Waals surface area (Å²) in [5.74, 6) is -0.519. The number of aliphatic imine (C=N–C) groups is 1. The van der Waals surface area contributed by atoms with E-state index in [1.807, 2.05) is 6.92 Å². The third-order valence-electron chi connectivity index (χ3n) is 6.17. The molecule has 0 saturated heterocycles. The predicted octanol–water partition coefficient (Wildman–Crippen LogP) is 4.24. The van der Waals surface area contributed by atoms with Gasteiger partial charge in [0, 0.05) is 24.3 Å². The predicted molar refractivity (Wildman–Crippen MR) is 121 cm³/mol. The molecule has 2 aliphatic rings. The molecule has 0 amide bonds. The van der Waals surface area contributed by atoms with Gasteiger partial charge in [0.05, 0.1) is 41.5 Å². The van der Waals surface area contributed by atoms with Gasteiger partial charge in [0.15, 0.2) is 11.3 Å². The number of nitrogens with zero attached hydrogens (tertiary/aromatic N) is 3. The molecule has 1 aromatic heterocycles. The first-order chi connectivity index (χ1) is 16.0. The van der Waals surface area contributed by atoms with Crippen LogP contribution < -0.4 is 15.8 Å². The van der Waals surface area contributed by atoms with E-state index in [2.05, 4.69) is 20.3 Å². The first kappa shape index (κ1) is 24.5. The minimum absolute atomic E-state index is 0.0829. The van der Waals surface area contributed by atoms with Crippen molar-refractivity contribution in [3.63, 3.8) is 0 Å². The van der Waals surface area contributed by atoms with Crippen LogP contribution in [-0.4, -0.2) is 45.9 Å². The number of alkyl halides is 3. The van der Waals surface area contributed by atoms with Gasteiger partial charge in [-0.15, -0.1) is 0 Å². The van der Waals surface area contributed by atoms with Crippen molar-refractivity contribution in [2.45, 2.75) is 49.4 Å². The van der Waals surface area contributed by atoms with Crippen LogP contribution in [0.25, 0.3) is 0 Å². The first-order valence-electron chi connectivity index (χ1n) is 10.6. The second-order valence-electron chi connectivity index (χ2n) is 8.65. The van der Waals surface area contributed by atoms with Gasteiger partial charge in [-0.05, 0) is 38.5 Å². The highest BCUT2D eigenvalue weighted by molar-refractivity contribution is 8.15. The molecule has 4 atom stereocenters. The van der Waals surface area contributed by atoms with Gasteiger partial charge in [0.25, 0.3) is 0 Å². The highest BCUT2D eigenvalue weighted by atomic mass is 32.2. The van der Waals surface area contributed by atoms with Gasteiger partial charge in [-0.3, -0.25) is 9.98 Å². The van der Waals surface area contributed by atoms with Crippen molar-refractivity contribution in [2.75, 3.05) is 19.0 Å². The maximum atomic E-state index is 14.9. The lowest BCUT2D eigenvalue weighted by Crippen LogP contribution is -2.37.